The van der Waals surface area contributed by atoms with Crippen LogP contribution in [0.4, 0.5) is 13.2 Å². The van der Waals surface area contributed by atoms with Gasteiger partial charge in [-0.25, -0.2) is 0 Å². The van der Waals surface area contributed by atoms with Crippen molar-refractivity contribution in [3.63, 3.8) is 0 Å². The molecule has 3 nitrogen and oxygen atoms in total. The fourth-order valence-corrected chi connectivity index (χ4v) is 2.75. The van der Waals surface area contributed by atoms with Gasteiger partial charge in [0.05, 0.1) is 0 Å². The quantitative estimate of drug-likeness (QED) is 0.577. The van der Waals surface area contributed by atoms with Crippen molar-refractivity contribution >= 4 is 21.7 Å². The molecule has 0 amide bonds. The summed E-state index contributed by atoms with van der Waals surface area (Å²) in [5, 5.41) is 0.0647. The van der Waals surface area contributed by atoms with Crippen LogP contribution in [0.5, 0.6) is 5.75 Å². The molecule has 0 saturated carbocycles. The van der Waals surface area contributed by atoms with Gasteiger partial charge >= 0.3 is 15.6 Å². The number of alkyl halides is 3. The summed E-state index contributed by atoms with van der Waals surface area (Å²) in [4.78, 5) is 0. The fraction of sp³-hybridized carbons (Fsp3) is 0.200. The molecule has 8 heteroatoms. The van der Waals surface area contributed by atoms with Crippen LogP contribution in [0.3, 0.4) is 0 Å². The average molecular weight is 365 g/mol. The summed E-state index contributed by atoms with van der Waals surface area (Å²) < 4.78 is 63.6. The number of hydrogen-bond donors (Lipinski definition) is 0. The lowest BCUT2D eigenvalue weighted by atomic mass is 9.99. The zero-order valence-corrected chi connectivity index (χ0v) is 13.7. The summed E-state index contributed by atoms with van der Waals surface area (Å²) in [6.45, 7) is 3.73. The van der Waals surface area contributed by atoms with Gasteiger partial charge in [0.15, 0.2) is 0 Å². The van der Waals surface area contributed by atoms with E-state index in [0.29, 0.717) is 11.1 Å². The van der Waals surface area contributed by atoms with Gasteiger partial charge in [-0.15, -0.1) is 0 Å². The van der Waals surface area contributed by atoms with Crippen molar-refractivity contribution in [1.82, 2.24) is 0 Å². The summed E-state index contributed by atoms with van der Waals surface area (Å²) in [6.07, 6.45) is 0. The number of hydrogen-bond acceptors (Lipinski definition) is 3. The van der Waals surface area contributed by atoms with E-state index in [1.807, 2.05) is 26.0 Å². The second-order valence-electron chi connectivity index (χ2n) is 4.98. The zero-order chi connectivity index (χ0) is 17.4. The molecule has 0 aromatic heterocycles. The smallest absolute Gasteiger partial charge is 0.376 e. The first kappa shape index (κ1) is 17.6. The number of rotatable bonds is 3. The van der Waals surface area contributed by atoms with Gasteiger partial charge in [-0.1, -0.05) is 35.4 Å². The molecule has 0 saturated heterocycles. The van der Waals surface area contributed by atoms with E-state index in [1.165, 1.54) is 12.1 Å². The van der Waals surface area contributed by atoms with Crippen LogP contribution in [0, 0.1) is 13.8 Å². The van der Waals surface area contributed by atoms with Gasteiger partial charge in [-0.3, -0.25) is 0 Å². The highest BCUT2D eigenvalue weighted by molar-refractivity contribution is 7.88. The van der Waals surface area contributed by atoms with Crippen molar-refractivity contribution in [3.05, 3.63) is 52.5 Å². The third kappa shape index (κ3) is 3.97. The molecule has 2 rings (SSSR count). The third-order valence-electron chi connectivity index (χ3n) is 3.05. The monoisotopic (exact) mass is 364 g/mol. The van der Waals surface area contributed by atoms with Crippen LogP contribution in [0.1, 0.15) is 11.1 Å². The zero-order valence-electron chi connectivity index (χ0n) is 12.1. The maximum Gasteiger partial charge on any atom is 0.534 e. The first-order valence-corrected chi connectivity index (χ1v) is 8.17. The number of benzene rings is 2. The molecule has 0 atom stereocenters. The number of halogens is 4. The first-order chi connectivity index (χ1) is 10.5. The van der Waals surface area contributed by atoms with Crippen LogP contribution in [-0.2, 0) is 10.1 Å². The van der Waals surface area contributed by atoms with Crippen molar-refractivity contribution in [2.45, 2.75) is 19.4 Å². The highest BCUT2D eigenvalue weighted by Crippen LogP contribution is 2.33. The van der Waals surface area contributed by atoms with Gasteiger partial charge in [0, 0.05) is 11.1 Å². The van der Waals surface area contributed by atoms with E-state index < -0.39 is 21.4 Å². The normalized spacial score (nSPS) is 12.3. The third-order valence-corrected chi connectivity index (χ3v) is 4.25. The van der Waals surface area contributed by atoms with Crippen molar-refractivity contribution in [2.24, 2.45) is 0 Å². The Hall–Kier alpha value is -1.73. The molecule has 2 aromatic rings. The molecule has 0 spiro atoms. The Kier molecular flexibility index (Phi) is 4.64. The van der Waals surface area contributed by atoms with Gasteiger partial charge in [0.2, 0.25) is 0 Å². The Balaban J connectivity index is 2.48. The van der Waals surface area contributed by atoms with Gasteiger partial charge in [-0.2, -0.15) is 21.6 Å². The van der Waals surface area contributed by atoms with E-state index in [0.717, 1.165) is 17.2 Å². The van der Waals surface area contributed by atoms with E-state index in [9.17, 15) is 21.6 Å². The van der Waals surface area contributed by atoms with Crippen LogP contribution < -0.4 is 4.18 Å². The molecule has 0 fully saturated rings. The standard InChI is InChI=1S/C15H12ClF3O3S/c1-9-3-4-14(10(2)5-9)11-6-12(16)8-13(7-11)22-23(20,21)15(17,18)19/h3-8H,1-2H3. The molecule has 0 aliphatic heterocycles. The maximum absolute atomic E-state index is 12.4. The predicted molar refractivity (Wildman–Crippen MR) is 82.0 cm³/mol. The highest BCUT2D eigenvalue weighted by atomic mass is 35.5. The molecule has 0 bridgehead atoms. The molecule has 0 aliphatic carbocycles. The van der Waals surface area contributed by atoms with Gasteiger partial charge in [0.25, 0.3) is 0 Å². The largest absolute Gasteiger partial charge is 0.534 e. The Bertz CT molecular complexity index is 846. The van der Waals surface area contributed by atoms with Crippen LogP contribution in [-0.4, -0.2) is 13.9 Å². The summed E-state index contributed by atoms with van der Waals surface area (Å²) in [5.74, 6) is -0.496. The lowest BCUT2D eigenvalue weighted by molar-refractivity contribution is -0.0500. The van der Waals surface area contributed by atoms with Crippen LogP contribution in [0.2, 0.25) is 5.02 Å². The van der Waals surface area contributed by atoms with E-state index in [-0.39, 0.29) is 5.02 Å². The lowest BCUT2D eigenvalue weighted by Crippen LogP contribution is -2.28. The van der Waals surface area contributed by atoms with Crippen molar-refractivity contribution in [3.8, 4) is 16.9 Å². The SMILES string of the molecule is Cc1ccc(-c2cc(Cl)cc(OS(=O)(=O)C(F)(F)F)c2)c(C)c1. The van der Waals surface area contributed by atoms with E-state index >= 15 is 0 Å². The molecule has 0 heterocycles. The summed E-state index contributed by atoms with van der Waals surface area (Å²) in [7, 11) is -5.74. The Morgan fingerprint density at radius 1 is 1.04 bits per heavy atom. The molecule has 0 N–H and O–H groups in total. The second kappa shape index (κ2) is 6.05. The van der Waals surface area contributed by atoms with Gasteiger partial charge in [-0.05, 0) is 42.7 Å². The van der Waals surface area contributed by atoms with Crippen molar-refractivity contribution < 1.29 is 25.8 Å². The van der Waals surface area contributed by atoms with E-state index in [2.05, 4.69) is 4.18 Å². The van der Waals surface area contributed by atoms with Crippen molar-refractivity contribution in [2.75, 3.05) is 0 Å². The summed E-state index contributed by atoms with van der Waals surface area (Å²) >= 11 is 5.87. The molecule has 0 aliphatic rings. The molecular weight excluding hydrogens is 353 g/mol. The van der Waals surface area contributed by atoms with Crippen LogP contribution in [0.25, 0.3) is 11.1 Å². The second-order valence-corrected chi connectivity index (χ2v) is 6.95. The Morgan fingerprint density at radius 2 is 1.70 bits per heavy atom. The predicted octanol–water partition coefficient (Wildman–Crippen LogP) is 4.85. The van der Waals surface area contributed by atoms with Crippen LogP contribution in [0.15, 0.2) is 36.4 Å². The highest BCUT2D eigenvalue weighted by Gasteiger charge is 2.48. The average Bonchev–Trinajstić information content (AvgIpc) is 2.35. The molecule has 2 aromatic carbocycles. The minimum Gasteiger partial charge on any atom is -0.376 e. The molecular formula is C15H12ClF3O3S. The van der Waals surface area contributed by atoms with E-state index in [1.54, 1.807) is 6.07 Å². The summed E-state index contributed by atoms with van der Waals surface area (Å²) in [5.41, 5.74) is -2.44. The Morgan fingerprint density at radius 3 is 2.26 bits per heavy atom. The lowest BCUT2D eigenvalue weighted by Gasteiger charge is -2.12. The van der Waals surface area contributed by atoms with Crippen LogP contribution >= 0.6 is 11.6 Å². The minimum absolute atomic E-state index is 0.0647. The van der Waals surface area contributed by atoms with Gasteiger partial charge < -0.3 is 4.18 Å². The Labute approximate surface area is 136 Å². The first-order valence-electron chi connectivity index (χ1n) is 6.38. The topological polar surface area (TPSA) is 43.4 Å². The van der Waals surface area contributed by atoms with Crippen molar-refractivity contribution in [1.29, 1.82) is 0 Å². The molecule has 0 unspecified atom stereocenters. The van der Waals surface area contributed by atoms with Gasteiger partial charge in [0.1, 0.15) is 5.75 Å². The maximum atomic E-state index is 12.4. The number of aryl methyl sites for hydroxylation is 2. The molecule has 23 heavy (non-hydrogen) atoms. The summed E-state index contributed by atoms with van der Waals surface area (Å²) in [6, 6.07) is 9.23. The fourth-order valence-electron chi connectivity index (χ4n) is 2.08. The minimum atomic E-state index is -5.74. The van der Waals surface area contributed by atoms with E-state index in [4.69, 9.17) is 11.6 Å². The molecule has 124 valence electrons. The molecule has 0 radical (unpaired) electrons.